The van der Waals surface area contributed by atoms with E-state index in [0.29, 0.717) is 6.71 Å². The summed E-state index contributed by atoms with van der Waals surface area (Å²) in [5.41, 5.74) is 4.00. The number of rotatable bonds is 3. The molecular formula is C18H15B2. The lowest BCUT2D eigenvalue weighted by Gasteiger charge is -2.15. The Bertz CT molecular complexity index is 527. The van der Waals surface area contributed by atoms with Crippen molar-refractivity contribution < 1.29 is 0 Å². The fraction of sp³-hybridized carbons (Fsp3) is 0. The van der Waals surface area contributed by atoms with Crippen LogP contribution in [-0.2, 0) is 0 Å². The first-order chi connectivity index (χ1) is 9.45. The molecule has 3 aromatic rings. The van der Waals surface area contributed by atoms with E-state index in [0.717, 1.165) is 0 Å². The van der Waals surface area contributed by atoms with E-state index in [9.17, 15) is 0 Å². The number of benzene rings is 3. The van der Waals surface area contributed by atoms with Crippen LogP contribution in [0.25, 0.3) is 0 Å². The molecule has 0 saturated carbocycles. The van der Waals surface area contributed by atoms with Gasteiger partial charge in [-0.15, -0.1) is 0 Å². The van der Waals surface area contributed by atoms with Crippen molar-refractivity contribution in [3.8, 4) is 0 Å². The largest absolute Gasteiger partial charge is 0.241 e. The number of hydrogen-bond donors (Lipinski definition) is 0. The molecule has 20 heavy (non-hydrogen) atoms. The average molecular weight is 253 g/mol. The molecular weight excluding hydrogens is 238 g/mol. The highest BCUT2D eigenvalue weighted by molar-refractivity contribution is 6.95. The molecule has 0 heterocycles. The van der Waals surface area contributed by atoms with E-state index in [4.69, 9.17) is 0 Å². The minimum absolute atomic E-state index is 0. The van der Waals surface area contributed by atoms with Crippen LogP contribution in [0.3, 0.4) is 0 Å². The predicted molar refractivity (Wildman–Crippen MR) is 89.7 cm³/mol. The van der Waals surface area contributed by atoms with E-state index >= 15 is 0 Å². The van der Waals surface area contributed by atoms with Gasteiger partial charge in [-0.2, -0.15) is 0 Å². The maximum Gasteiger partial charge on any atom is 0.241 e. The molecule has 0 aliphatic heterocycles. The molecule has 0 spiro atoms. The average Bonchev–Trinajstić information content (AvgIpc) is 2.51. The lowest BCUT2D eigenvalue weighted by atomic mass is 9.37. The molecule has 0 N–H and O–H groups in total. The minimum Gasteiger partial charge on any atom is -0.0687 e. The van der Waals surface area contributed by atoms with Crippen molar-refractivity contribution >= 4 is 31.5 Å². The van der Waals surface area contributed by atoms with Gasteiger partial charge >= 0.3 is 0 Å². The summed E-state index contributed by atoms with van der Waals surface area (Å²) >= 11 is 0. The van der Waals surface area contributed by atoms with Crippen LogP contribution in [0.4, 0.5) is 0 Å². The van der Waals surface area contributed by atoms with E-state index in [1.165, 1.54) is 16.4 Å². The van der Waals surface area contributed by atoms with Gasteiger partial charge in [0, 0.05) is 8.41 Å². The first-order valence-electron chi connectivity index (χ1n) is 6.60. The van der Waals surface area contributed by atoms with E-state index in [1.54, 1.807) is 0 Å². The summed E-state index contributed by atoms with van der Waals surface area (Å²) in [5, 5.41) is 0. The van der Waals surface area contributed by atoms with Crippen LogP contribution in [0.1, 0.15) is 0 Å². The molecule has 0 saturated heterocycles. The third-order valence-electron chi connectivity index (χ3n) is 3.40. The SMILES string of the molecule is [B].c1ccc(B(c2ccccc2)c2ccccc2)cc1. The molecule has 0 bridgehead atoms. The first-order valence-corrected chi connectivity index (χ1v) is 6.60. The van der Waals surface area contributed by atoms with Crippen molar-refractivity contribution in [3.63, 3.8) is 0 Å². The summed E-state index contributed by atoms with van der Waals surface area (Å²) in [6.07, 6.45) is 0. The van der Waals surface area contributed by atoms with Crippen molar-refractivity contribution in [3.05, 3.63) is 91.0 Å². The highest BCUT2D eigenvalue weighted by atomic mass is 13.9. The summed E-state index contributed by atoms with van der Waals surface area (Å²) in [7, 11) is 0. The molecule has 0 fully saturated rings. The Morgan fingerprint density at radius 1 is 0.400 bits per heavy atom. The molecule has 93 valence electrons. The molecule has 0 unspecified atom stereocenters. The van der Waals surface area contributed by atoms with Gasteiger partial charge in [0.1, 0.15) is 0 Å². The van der Waals surface area contributed by atoms with E-state index < -0.39 is 0 Å². The first kappa shape index (κ1) is 14.2. The Morgan fingerprint density at radius 2 is 0.650 bits per heavy atom. The molecule has 0 aromatic heterocycles. The lowest BCUT2D eigenvalue weighted by molar-refractivity contribution is 1.71. The normalized spacial score (nSPS) is 9.60. The van der Waals surface area contributed by atoms with Crippen molar-refractivity contribution in [1.82, 2.24) is 0 Å². The maximum absolute atomic E-state index is 2.20. The molecule has 0 nitrogen and oxygen atoms in total. The molecule has 2 heteroatoms. The second-order valence-electron chi connectivity index (χ2n) is 4.67. The van der Waals surface area contributed by atoms with Crippen LogP contribution in [0.5, 0.6) is 0 Å². The number of hydrogen-bond acceptors (Lipinski definition) is 0. The van der Waals surface area contributed by atoms with Gasteiger partial charge in [-0.25, -0.2) is 0 Å². The Morgan fingerprint density at radius 3 is 0.900 bits per heavy atom. The van der Waals surface area contributed by atoms with Gasteiger partial charge in [0.25, 0.3) is 0 Å². The van der Waals surface area contributed by atoms with E-state index in [2.05, 4.69) is 91.0 Å². The fourth-order valence-electron chi connectivity index (χ4n) is 2.51. The molecule has 0 aliphatic carbocycles. The Labute approximate surface area is 123 Å². The molecule has 0 amide bonds. The monoisotopic (exact) mass is 253 g/mol. The maximum atomic E-state index is 2.20. The topological polar surface area (TPSA) is 0 Å². The summed E-state index contributed by atoms with van der Waals surface area (Å²) < 4.78 is 0. The van der Waals surface area contributed by atoms with Gasteiger partial charge < -0.3 is 0 Å². The molecule has 3 radical (unpaired) electrons. The van der Waals surface area contributed by atoms with Crippen LogP contribution in [-0.4, -0.2) is 15.1 Å². The van der Waals surface area contributed by atoms with Crippen molar-refractivity contribution in [1.29, 1.82) is 0 Å². The van der Waals surface area contributed by atoms with Crippen molar-refractivity contribution in [2.75, 3.05) is 0 Å². The van der Waals surface area contributed by atoms with Gasteiger partial charge in [-0.05, 0) is 0 Å². The van der Waals surface area contributed by atoms with Gasteiger partial charge in [-0.1, -0.05) is 107 Å². The predicted octanol–water partition coefficient (Wildman–Crippen LogP) is 1.82. The highest BCUT2D eigenvalue weighted by Crippen LogP contribution is 1.95. The summed E-state index contributed by atoms with van der Waals surface area (Å²) in [5.74, 6) is 0. The van der Waals surface area contributed by atoms with Gasteiger partial charge in [0.05, 0.1) is 0 Å². The Hall–Kier alpha value is -2.21. The molecule has 0 atom stereocenters. The van der Waals surface area contributed by atoms with Gasteiger partial charge in [0.2, 0.25) is 6.71 Å². The highest BCUT2D eigenvalue weighted by Gasteiger charge is 2.20. The molecule has 3 rings (SSSR count). The van der Waals surface area contributed by atoms with Crippen molar-refractivity contribution in [2.45, 2.75) is 0 Å². The lowest BCUT2D eigenvalue weighted by Crippen LogP contribution is -2.51. The molecule has 3 aromatic carbocycles. The van der Waals surface area contributed by atoms with Gasteiger partial charge in [-0.3, -0.25) is 0 Å². The third-order valence-corrected chi connectivity index (χ3v) is 3.40. The second-order valence-corrected chi connectivity index (χ2v) is 4.67. The third kappa shape index (κ3) is 3.03. The van der Waals surface area contributed by atoms with Gasteiger partial charge in [0.15, 0.2) is 0 Å². The molecule has 0 aliphatic rings. The second kappa shape index (κ2) is 6.81. The Balaban J connectivity index is 0.00000147. The zero-order valence-corrected chi connectivity index (χ0v) is 11.3. The van der Waals surface area contributed by atoms with Crippen molar-refractivity contribution in [2.24, 2.45) is 0 Å². The zero-order chi connectivity index (χ0) is 12.9. The fourth-order valence-corrected chi connectivity index (χ4v) is 2.51. The van der Waals surface area contributed by atoms with Crippen LogP contribution < -0.4 is 16.4 Å². The van der Waals surface area contributed by atoms with Crippen LogP contribution >= 0.6 is 0 Å². The summed E-state index contributed by atoms with van der Waals surface area (Å²) in [6.45, 7) is 0.309. The van der Waals surface area contributed by atoms with Crippen LogP contribution in [0.15, 0.2) is 91.0 Å². The Kier molecular flexibility index (Phi) is 4.84. The summed E-state index contributed by atoms with van der Waals surface area (Å²) in [4.78, 5) is 0. The van der Waals surface area contributed by atoms with Crippen LogP contribution in [0, 0.1) is 0 Å². The van der Waals surface area contributed by atoms with Crippen LogP contribution in [0.2, 0.25) is 0 Å². The van der Waals surface area contributed by atoms with E-state index in [-0.39, 0.29) is 8.41 Å². The summed E-state index contributed by atoms with van der Waals surface area (Å²) in [6, 6.07) is 32.0. The standard InChI is InChI=1S/C18H15B.B/c1-4-10-16(11-5-1)19(17-12-6-2-7-13-17)18-14-8-3-9-15-18;/h1-15H;. The smallest absolute Gasteiger partial charge is 0.0687 e. The quantitative estimate of drug-likeness (QED) is 0.624. The van der Waals surface area contributed by atoms with E-state index in [1.807, 2.05) is 0 Å². The minimum atomic E-state index is 0. The zero-order valence-electron chi connectivity index (χ0n) is 11.3.